The molecule has 25 heavy (non-hydrogen) atoms. The van der Waals surface area contributed by atoms with Gasteiger partial charge >= 0.3 is 0 Å². The zero-order valence-corrected chi connectivity index (χ0v) is 13.9. The summed E-state index contributed by atoms with van der Waals surface area (Å²) in [6.07, 6.45) is 1.44. The standard InChI is InChI=1S/C17H14ClFN4O2/c1-8(22-14-6-9(16(20)24)2-3-21-14)12-5-10-4-11(18)7-13(19)15(10)23-17(12)25/h2-8H,1H3,(H2,20,24)(H,21,22)(H,23,25). The predicted octanol–water partition coefficient (Wildman–Crippen LogP) is 2.99. The van der Waals surface area contributed by atoms with Crippen LogP contribution in [0.1, 0.15) is 28.9 Å². The summed E-state index contributed by atoms with van der Waals surface area (Å²) in [6, 6.07) is 6.80. The van der Waals surface area contributed by atoms with Crippen molar-refractivity contribution in [3.63, 3.8) is 0 Å². The van der Waals surface area contributed by atoms with E-state index in [4.69, 9.17) is 17.3 Å². The van der Waals surface area contributed by atoms with Crippen LogP contribution in [-0.4, -0.2) is 15.9 Å². The molecule has 0 saturated carbocycles. The zero-order chi connectivity index (χ0) is 18.1. The van der Waals surface area contributed by atoms with Crippen LogP contribution >= 0.6 is 11.6 Å². The number of hydrogen-bond acceptors (Lipinski definition) is 4. The third-order valence-corrected chi connectivity index (χ3v) is 3.99. The molecule has 8 heteroatoms. The Morgan fingerprint density at radius 2 is 2.12 bits per heavy atom. The number of hydrogen-bond donors (Lipinski definition) is 3. The second kappa shape index (κ2) is 6.52. The minimum absolute atomic E-state index is 0.0965. The molecule has 1 atom stereocenters. The molecule has 0 aliphatic rings. The summed E-state index contributed by atoms with van der Waals surface area (Å²) in [7, 11) is 0. The van der Waals surface area contributed by atoms with Crippen LogP contribution in [0.5, 0.6) is 0 Å². The number of pyridine rings is 2. The quantitative estimate of drug-likeness (QED) is 0.665. The van der Waals surface area contributed by atoms with E-state index in [9.17, 15) is 14.0 Å². The van der Waals surface area contributed by atoms with Crippen molar-refractivity contribution < 1.29 is 9.18 Å². The van der Waals surface area contributed by atoms with Gasteiger partial charge in [-0.15, -0.1) is 0 Å². The number of amides is 1. The van der Waals surface area contributed by atoms with E-state index in [0.717, 1.165) is 6.07 Å². The highest BCUT2D eigenvalue weighted by Gasteiger charge is 2.14. The summed E-state index contributed by atoms with van der Waals surface area (Å²) in [4.78, 5) is 30.1. The molecular formula is C17H14ClFN4O2. The van der Waals surface area contributed by atoms with Gasteiger partial charge in [0, 0.05) is 27.7 Å². The van der Waals surface area contributed by atoms with Crippen LogP contribution in [-0.2, 0) is 0 Å². The molecule has 4 N–H and O–H groups in total. The smallest absolute Gasteiger partial charge is 0.253 e. The van der Waals surface area contributed by atoms with Gasteiger partial charge in [0.15, 0.2) is 0 Å². The van der Waals surface area contributed by atoms with Gasteiger partial charge in [0.25, 0.3) is 5.56 Å². The lowest BCUT2D eigenvalue weighted by Gasteiger charge is -2.15. The van der Waals surface area contributed by atoms with Crippen molar-refractivity contribution in [1.82, 2.24) is 9.97 Å². The Balaban J connectivity index is 1.98. The number of nitrogens with zero attached hydrogens (tertiary/aromatic N) is 1. The maximum Gasteiger partial charge on any atom is 0.253 e. The molecule has 0 aliphatic carbocycles. The Bertz CT molecular complexity index is 1030. The number of primary amides is 1. The van der Waals surface area contributed by atoms with E-state index in [2.05, 4.69) is 15.3 Å². The Kier molecular flexibility index (Phi) is 4.41. The fourth-order valence-corrected chi connectivity index (χ4v) is 2.76. The van der Waals surface area contributed by atoms with E-state index >= 15 is 0 Å². The SMILES string of the molecule is CC(Nc1cc(C(N)=O)ccn1)c1cc2cc(Cl)cc(F)c2[nH]c1=O. The highest BCUT2D eigenvalue weighted by atomic mass is 35.5. The fraction of sp³-hybridized carbons (Fsp3) is 0.118. The van der Waals surface area contributed by atoms with Gasteiger partial charge in [-0.2, -0.15) is 0 Å². The number of rotatable bonds is 4. The average Bonchev–Trinajstić information content (AvgIpc) is 2.55. The van der Waals surface area contributed by atoms with E-state index in [1.54, 1.807) is 19.1 Å². The second-order valence-electron chi connectivity index (χ2n) is 5.57. The number of halogens is 2. The first-order valence-corrected chi connectivity index (χ1v) is 7.77. The molecule has 2 heterocycles. The number of H-pyrrole nitrogens is 1. The lowest BCUT2D eigenvalue weighted by Crippen LogP contribution is -2.20. The van der Waals surface area contributed by atoms with E-state index in [1.165, 1.54) is 18.3 Å². The van der Waals surface area contributed by atoms with Crippen molar-refractivity contribution in [3.8, 4) is 0 Å². The molecule has 1 aromatic carbocycles. The minimum atomic E-state index is -0.595. The number of carbonyl (C=O) groups is 1. The van der Waals surface area contributed by atoms with Crippen molar-refractivity contribution in [2.24, 2.45) is 5.73 Å². The highest BCUT2D eigenvalue weighted by molar-refractivity contribution is 6.31. The Morgan fingerprint density at radius 1 is 1.36 bits per heavy atom. The van der Waals surface area contributed by atoms with Gasteiger partial charge in [-0.05, 0) is 37.3 Å². The second-order valence-corrected chi connectivity index (χ2v) is 6.00. The van der Waals surface area contributed by atoms with Gasteiger partial charge in [0.05, 0.1) is 11.6 Å². The number of carbonyl (C=O) groups excluding carboxylic acids is 1. The zero-order valence-electron chi connectivity index (χ0n) is 13.1. The van der Waals surface area contributed by atoms with Gasteiger partial charge in [-0.25, -0.2) is 9.37 Å². The van der Waals surface area contributed by atoms with Gasteiger partial charge in [0.2, 0.25) is 5.91 Å². The van der Waals surface area contributed by atoms with Gasteiger partial charge < -0.3 is 16.0 Å². The summed E-state index contributed by atoms with van der Waals surface area (Å²) in [5.41, 5.74) is 5.58. The monoisotopic (exact) mass is 360 g/mol. The number of anilines is 1. The molecule has 3 aromatic rings. The number of aromatic amines is 1. The molecule has 1 amide bonds. The van der Waals surface area contributed by atoms with E-state index in [-0.39, 0.29) is 10.5 Å². The largest absolute Gasteiger partial charge is 0.366 e. The molecule has 3 rings (SSSR count). The highest BCUT2D eigenvalue weighted by Crippen LogP contribution is 2.23. The molecule has 6 nitrogen and oxygen atoms in total. The van der Waals surface area contributed by atoms with Crippen molar-refractivity contribution in [2.75, 3.05) is 5.32 Å². The molecule has 128 valence electrons. The molecule has 0 spiro atoms. The van der Waals surface area contributed by atoms with Crippen molar-refractivity contribution >= 4 is 34.2 Å². The first kappa shape index (κ1) is 16.9. The number of aromatic nitrogens is 2. The average molecular weight is 361 g/mol. The van der Waals surface area contributed by atoms with Crippen LogP contribution < -0.4 is 16.6 Å². The first-order chi connectivity index (χ1) is 11.8. The van der Waals surface area contributed by atoms with E-state index in [0.29, 0.717) is 22.3 Å². The maximum atomic E-state index is 13.9. The Labute approximate surface area is 146 Å². The van der Waals surface area contributed by atoms with Gasteiger partial charge in [0.1, 0.15) is 11.6 Å². The third-order valence-electron chi connectivity index (χ3n) is 3.77. The minimum Gasteiger partial charge on any atom is -0.366 e. The van der Waals surface area contributed by atoms with Crippen molar-refractivity contribution in [1.29, 1.82) is 0 Å². The van der Waals surface area contributed by atoms with Crippen LogP contribution in [0.4, 0.5) is 10.2 Å². The normalized spacial score (nSPS) is 12.1. The molecule has 0 saturated heterocycles. The maximum absolute atomic E-state index is 13.9. The van der Waals surface area contributed by atoms with Crippen LogP contribution in [0.2, 0.25) is 5.02 Å². The third kappa shape index (κ3) is 3.46. The number of benzene rings is 1. The number of nitrogens with two attached hydrogens (primary N) is 1. The molecular weight excluding hydrogens is 347 g/mol. The summed E-state index contributed by atoms with van der Waals surface area (Å²) in [6.45, 7) is 1.75. The first-order valence-electron chi connectivity index (χ1n) is 7.39. The van der Waals surface area contributed by atoms with Crippen LogP contribution in [0, 0.1) is 5.82 Å². The number of fused-ring (bicyclic) bond motifs is 1. The summed E-state index contributed by atoms with van der Waals surface area (Å²) in [5.74, 6) is -0.782. The predicted molar refractivity (Wildman–Crippen MR) is 94.3 cm³/mol. The van der Waals surface area contributed by atoms with Crippen molar-refractivity contribution in [2.45, 2.75) is 13.0 Å². The fourth-order valence-electron chi connectivity index (χ4n) is 2.54. The molecule has 2 aromatic heterocycles. The molecule has 0 bridgehead atoms. The van der Waals surface area contributed by atoms with E-state index < -0.39 is 23.3 Å². The molecule has 0 radical (unpaired) electrons. The Morgan fingerprint density at radius 3 is 2.84 bits per heavy atom. The van der Waals surface area contributed by atoms with Crippen LogP contribution in [0.3, 0.4) is 0 Å². The lowest BCUT2D eigenvalue weighted by molar-refractivity contribution is 0.1000. The molecule has 0 aliphatic heterocycles. The Hall–Kier alpha value is -2.93. The van der Waals surface area contributed by atoms with Gasteiger partial charge in [-0.3, -0.25) is 9.59 Å². The van der Waals surface area contributed by atoms with Crippen molar-refractivity contribution in [3.05, 3.63) is 68.8 Å². The lowest BCUT2D eigenvalue weighted by atomic mass is 10.1. The van der Waals surface area contributed by atoms with Crippen LogP contribution in [0.25, 0.3) is 10.9 Å². The summed E-state index contributed by atoms with van der Waals surface area (Å²) < 4.78 is 13.9. The summed E-state index contributed by atoms with van der Waals surface area (Å²) in [5, 5.41) is 3.74. The summed E-state index contributed by atoms with van der Waals surface area (Å²) >= 11 is 5.87. The van der Waals surface area contributed by atoms with E-state index in [1.807, 2.05) is 0 Å². The number of nitrogens with one attached hydrogen (secondary N) is 2. The topological polar surface area (TPSA) is 101 Å². The van der Waals surface area contributed by atoms with Crippen LogP contribution in [0.15, 0.2) is 41.3 Å². The molecule has 0 fully saturated rings. The molecule has 1 unspecified atom stereocenters. The van der Waals surface area contributed by atoms with Gasteiger partial charge in [-0.1, -0.05) is 11.6 Å².